The van der Waals surface area contributed by atoms with E-state index in [0.717, 1.165) is 50.2 Å². The molecule has 5 heteroatoms. The lowest BCUT2D eigenvalue weighted by atomic mass is 9.91. The average molecular weight is 271 g/mol. The van der Waals surface area contributed by atoms with Gasteiger partial charge in [0.1, 0.15) is 5.82 Å². The van der Waals surface area contributed by atoms with Crippen LogP contribution in [-0.2, 0) is 16.3 Å². The van der Waals surface area contributed by atoms with Crippen molar-refractivity contribution in [3.63, 3.8) is 0 Å². The number of halogens is 1. The molecule has 0 spiro atoms. The van der Waals surface area contributed by atoms with Crippen LogP contribution in [0.25, 0.3) is 0 Å². The molecule has 0 bridgehead atoms. The molecule has 1 fully saturated rings. The second kappa shape index (κ2) is 5.36. The lowest BCUT2D eigenvalue weighted by Gasteiger charge is -2.22. The molecule has 0 atom stereocenters. The lowest BCUT2D eigenvalue weighted by molar-refractivity contribution is 0.372. The molecule has 3 nitrogen and oxygen atoms in total. The van der Waals surface area contributed by atoms with E-state index in [9.17, 15) is 12.8 Å². The summed E-state index contributed by atoms with van der Waals surface area (Å²) in [5, 5.41) is 3.28. The van der Waals surface area contributed by atoms with Gasteiger partial charge in [-0.2, -0.15) is 0 Å². The first-order valence-electron chi connectivity index (χ1n) is 6.15. The molecule has 18 heavy (non-hydrogen) atoms. The minimum absolute atomic E-state index is 0.0754. The van der Waals surface area contributed by atoms with Gasteiger partial charge in [0.05, 0.1) is 4.90 Å². The third-order valence-corrected chi connectivity index (χ3v) is 4.43. The zero-order chi connectivity index (χ0) is 13.2. The van der Waals surface area contributed by atoms with Crippen molar-refractivity contribution in [1.82, 2.24) is 5.32 Å². The van der Waals surface area contributed by atoms with Crippen molar-refractivity contribution in [2.24, 2.45) is 5.92 Å². The van der Waals surface area contributed by atoms with Crippen LogP contribution in [0, 0.1) is 11.7 Å². The van der Waals surface area contributed by atoms with Crippen LogP contribution >= 0.6 is 0 Å². The van der Waals surface area contributed by atoms with Crippen molar-refractivity contribution in [3.8, 4) is 0 Å². The highest BCUT2D eigenvalue weighted by molar-refractivity contribution is 7.90. The topological polar surface area (TPSA) is 46.2 Å². The maximum atomic E-state index is 13.4. The Hall–Kier alpha value is -0.940. The van der Waals surface area contributed by atoms with Gasteiger partial charge in [-0.25, -0.2) is 12.8 Å². The summed E-state index contributed by atoms with van der Waals surface area (Å²) >= 11 is 0. The predicted molar refractivity (Wildman–Crippen MR) is 68.8 cm³/mol. The lowest BCUT2D eigenvalue weighted by Crippen LogP contribution is -2.28. The second-order valence-electron chi connectivity index (χ2n) is 4.96. The summed E-state index contributed by atoms with van der Waals surface area (Å²) in [6.07, 6.45) is 3.98. The molecule has 0 saturated carbocycles. The molecule has 1 aliphatic heterocycles. The number of hydrogen-bond acceptors (Lipinski definition) is 3. The molecule has 1 saturated heterocycles. The van der Waals surface area contributed by atoms with E-state index in [0.29, 0.717) is 5.92 Å². The van der Waals surface area contributed by atoms with Gasteiger partial charge >= 0.3 is 0 Å². The van der Waals surface area contributed by atoms with Gasteiger partial charge in [0.25, 0.3) is 0 Å². The van der Waals surface area contributed by atoms with E-state index in [4.69, 9.17) is 0 Å². The zero-order valence-corrected chi connectivity index (χ0v) is 11.3. The smallest absolute Gasteiger partial charge is 0.175 e. The fraction of sp³-hybridized carbons (Fsp3) is 0.538. The molecule has 2 rings (SSSR count). The Labute approximate surface area is 107 Å². The third-order valence-electron chi connectivity index (χ3n) is 3.34. The van der Waals surface area contributed by atoms with Gasteiger partial charge in [0, 0.05) is 6.26 Å². The molecule has 100 valence electrons. The number of nitrogens with one attached hydrogen (secondary N) is 1. The summed E-state index contributed by atoms with van der Waals surface area (Å²) in [4.78, 5) is 0.0754. The molecule has 0 unspecified atom stereocenters. The van der Waals surface area contributed by atoms with Crippen molar-refractivity contribution in [2.75, 3.05) is 19.3 Å². The Kier molecular flexibility index (Phi) is 4.02. The van der Waals surface area contributed by atoms with E-state index < -0.39 is 15.7 Å². The van der Waals surface area contributed by atoms with Crippen LogP contribution in [0.2, 0.25) is 0 Å². The van der Waals surface area contributed by atoms with Crippen molar-refractivity contribution in [2.45, 2.75) is 24.2 Å². The normalized spacial score (nSPS) is 17.9. The highest BCUT2D eigenvalue weighted by atomic mass is 32.2. The van der Waals surface area contributed by atoms with Gasteiger partial charge < -0.3 is 5.32 Å². The van der Waals surface area contributed by atoms with E-state index in [-0.39, 0.29) is 4.90 Å². The summed E-state index contributed by atoms with van der Waals surface area (Å²) in [7, 11) is -3.34. The van der Waals surface area contributed by atoms with Crippen LogP contribution in [0.3, 0.4) is 0 Å². The highest BCUT2D eigenvalue weighted by Crippen LogP contribution is 2.21. The van der Waals surface area contributed by atoms with Crippen molar-refractivity contribution >= 4 is 9.84 Å². The summed E-state index contributed by atoms with van der Waals surface area (Å²) < 4.78 is 36.3. The first-order valence-corrected chi connectivity index (χ1v) is 8.04. The van der Waals surface area contributed by atoms with Gasteiger partial charge in [0.2, 0.25) is 0 Å². The first kappa shape index (κ1) is 13.5. The molecule has 0 radical (unpaired) electrons. The third kappa shape index (κ3) is 3.53. The maximum Gasteiger partial charge on any atom is 0.175 e. The largest absolute Gasteiger partial charge is 0.317 e. The zero-order valence-electron chi connectivity index (χ0n) is 10.4. The monoisotopic (exact) mass is 271 g/mol. The average Bonchev–Trinajstić information content (AvgIpc) is 2.28. The van der Waals surface area contributed by atoms with Gasteiger partial charge in [-0.15, -0.1) is 0 Å². The number of benzene rings is 1. The van der Waals surface area contributed by atoms with E-state index >= 15 is 0 Å². The Bertz CT molecular complexity index is 522. The fourth-order valence-corrected chi connectivity index (χ4v) is 3.06. The summed E-state index contributed by atoms with van der Waals surface area (Å²) in [5.41, 5.74) is 0.780. The summed E-state index contributed by atoms with van der Waals surface area (Å²) in [6, 6.07) is 4.12. The van der Waals surface area contributed by atoms with Crippen LogP contribution in [0.1, 0.15) is 18.4 Å². The summed E-state index contributed by atoms with van der Waals surface area (Å²) in [5.74, 6) is 0.0438. The Balaban J connectivity index is 2.20. The van der Waals surface area contributed by atoms with E-state index in [1.807, 2.05) is 0 Å². The van der Waals surface area contributed by atoms with Crippen LogP contribution < -0.4 is 5.32 Å². The summed E-state index contributed by atoms with van der Waals surface area (Å²) in [6.45, 7) is 1.97. The molecule has 1 aromatic carbocycles. The quantitative estimate of drug-likeness (QED) is 0.911. The minimum Gasteiger partial charge on any atom is -0.317 e. The molecular formula is C13H18FNO2S. The van der Waals surface area contributed by atoms with Gasteiger partial charge in [-0.1, -0.05) is 0 Å². The van der Waals surface area contributed by atoms with Gasteiger partial charge in [0.15, 0.2) is 9.84 Å². The van der Waals surface area contributed by atoms with Crippen molar-refractivity contribution in [1.29, 1.82) is 0 Å². The van der Waals surface area contributed by atoms with E-state index in [1.165, 1.54) is 6.07 Å². The van der Waals surface area contributed by atoms with Crippen molar-refractivity contribution < 1.29 is 12.8 Å². The molecule has 0 amide bonds. The maximum absolute atomic E-state index is 13.4. The van der Waals surface area contributed by atoms with Gasteiger partial charge in [-0.05, 0) is 62.0 Å². The Morgan fingerprint density at radius 1 is 1.28 bits per heavy atom. The number of sulfone groups is 1. The SMILES string of the molecule is CS(=O)(=O)c1cc(F)cc(CC2CCNCC2)c1. The molecule has 1 aromatic rings. The van der Waals surface area contributed by atoms with Crippen LogP contribution in [-0.4, -0.2) is 27.8 Å². The first-order chi connectivity index (χ1) is 8.45. The highest BCUT2D eigenvalue weighted by Gasteiger charge is 2.16. The molecule has 1 heterocycles. The number of hydrogen-bond donors (Lipinski definition) is 1. The van der Waals surface area contributed by atoms with Crippen LogP contribution in [0.4, 0.5) is 4.39 Å². The Morgan fingerprint density at radius 2 is 1.94 bits per heavy atom. The van der Waals surface area contributed by atoms with E-state index in [2.05, 4.69) is 5.32 Å². The number of piperidine rings is 1. The van der Waals surface area contributed by atoms with E-state index in [1.54, 1.807) is 6.07 Å². The molecule has 1 aliphatic rings. The Morgan fingerprint density at radius 3 is 2.56 bits per heavy atom. The molecule has 0 aliphatic carbocycles. The fourth-order valence-electron chi connectivity index (χ4n) is 2.37. The molecule has 0 aromatic heterocycles. The second-order valence-corrected chi connectivity index (χ2v) is 6.98. The molecular weight excluding hydrogens is 253 g/mol. The predicted octanol–water partition coefficient (Wildman–Crippen LogP) is 1.77. The minimum atomic E-state index is -3.34. The molecule has 1 N–H and O–H groups in total. The van der Waals surface area contributed by atoms with Crippen molar-refractivity contribution in [3.05, 3.63) is 29.6 Å². The van der Waals surface area contributed by atoms with Crippen LogP contribution in [0.5, 0.6) is 0 Å². The standard InChI is InChI=1S/C13H18FNO2S/c1-18(16,17)13-8-11(7-12(14)9-13)6-10-2-4-15-5-3-10/h7-10,15H,2-6H2,1H3. The van der Waals surface area contributed by atoms with Crippen LogP contribution in [0.15, 0.2) is 23.1 Å². The van der Waals surface area contributed by atoms with Gasteiger partial charge in [-0.3, -0.25) is 0 Å². The number of rotatable bonds is 3.